The molecule has 0 saturated heterocycles. The van der Waals surface area contributed by atoms with Crippen LogP contribution in [0.2, 0.25) is 0 Å². The van der Waals surface area contributed by atoms with Gasteiger partial charge in [0.1, 0.15) is 19.0 Å². The van der Waals surface area contributed by atoms with Crippen LogP contribution in [0.1, 0.15) is 11.7 Å². The Balaban J connectivity index is 2.54. The van der Waals surface area contributed by atoms with Crippen LogP contribution in [0.5, 0.6) is 11.5 Å². The summed E-state index contributed by atoms with van der Waals surface area (Å²) < 4.78 is 24.7. The third-order valence-electron chi connectivity index (χ3n) is 2.32. The van der Waals surface area contributed by atoms with Crippen molar-refractivity contribution in [2.24, 2.45) is 5.73 Å². The lowest BCUT2D eigenvalue weighted by Gasteiger charge is -2.22. The molecule has 0 spiro atoms. The Labute approximate surface area is 100 Å². The van der Waals surface area contributed by atoms with E-state index >= 15 is 0 Å². The molecule has 0 fully saturated rings. The summed E-state index contributed by atoms with van der Waals surface area (Å²) in [6.07, 6.45) is -1.06. The number of aliphatic hydroxyl groups is 1. The van der Waals surface area contributed by atoms with Crippen LogP contribution in [0.3, 0.4) is 0 Å². The largest absolute Gasteiger partial charge is 0.486 e. The monoisotopic (exact) mass is 291 g/mol. The van der Waals surface area contributed by atoms with Gasteiger partial charge in [-0.2, -0.15) is 0 Å². The van der Waals surface area contributed by atoms with E-state index in [9.17, 15) is 9.50 Å². The molecule has 2 rings (SSSR count). The minimum absolute atomic E-state index is 0.0604. The van der Waals surface area contributed by atoms with Crippen LogP contribution >= 0.6 is 15.9 Å². The number of ether oxygens (including phenoxy) is 2. The zero-order valence-electron chi connectivity index (χ0n) is 8.37. The maximum absolute atomic E-state index is 13.7. The highest BCUT2D eigenvalue weighted by Gasteiger charge is 2.24. The minimum atomic E-state index is -1.06. The van der Waals surface area contributed by atoms with Gasteiger partial charge in [-0.25, -0.2) is 4.39 Å². The third kappa shape index (κ3) is 1.88. The van der Waals surface area contributed by atoms with Crippen molar-refractivity contribution in [2.75, 3.05) is 19.8 Å². The number of fused-ring (bicyclic) bond motifs is 1. The van der Waals surface area contributed by atoms with Crippen LogP contribution in [0.25, 0.3) is 0 Å². The molecule has 0 aliphatic carbocycles. The summed E-state index contributed by atoms with van der Waals surface area (Å²) >= 11 is 3.20. The first kappa shape index (κ1) is 11.6. The van der Waals surface area contributed by atoms with Gasteiger partial charge in [0, 0.05) is 18.2 Å². The van der Waals surface area contributed by atoms with Gasteiger partial charge in [-0.1, -0.05) is 0 Å². The van der Waals surface area contributed by atoms with Gasteiger partial charge in [0.05, 0.1) is 10.6 Å². The average molecular weight is 292 g/mol. The smallest absolute Gasteiger partial charge is 0.176 e. The summed E-state index contributed by atoms with van der Waals surface area (Å²) in [5.41, 5.74) is 5.41. The molecule has 1 aliphatic rings. The number of hydrogen-bond acceptors (Lipinski definition) is 4. The molecule has 0 saturated carbocycles. The van der Waals surface area contributed by atoms with E-state index in [1.54, 1.807) is 0 Å². The summed E-state index contributed by atoms with van der Waals surface area (Å²) in [6.45, 7) is 0.724. The lowest BCUT2D eigenvalue weighted by atomic mass is 10.1. The van der Waals surface area contributed by atoms with Crippen LogP contribution in [0.4, 0.5) is 4.39 Å². The second-order valence-electron chi connectivity index (χ2n) is 3.36. The highest BCUT2D eigenvalue weighted by molar-refractivity contribution is 9.10. The highest BCUT2D eigenvalue weighted by atomic mass is 79.9. The van der Waals surface area contributed by atoms with E-state index < -0.39 is 11.9 Å². The lowest BCUT2D eigenvalue weighted by molar-refractivity contribution is 0.161. The number of hydrogen-bond donors (Lipinski definition) is 2. The normalized spacial score (nSPS) is 16.0. The Morgan fingerprint density at radius 1 is 1.50 bits per heavy atom. The molecule has 1 unspecified atom stereocenters. The van der Waals surface area contributed by atoms with Gasteiger partial charge < -0.3 is 20.3 Å². The molecular formula is C10H11BrFNO3. The van der Waals surface area contributed by atoms with Gasteiger partial charge in [-0.15, -0.1) is 0 Å². The van der Waals surface area contributed by atoms with E-state index in [1.165, 1.54) is 6.07 Å². The van der Waals surface area contributed by atoms with Gasteiger partial charge in [0.25, 0.3) is 0 Å². The van der Waals surface area contributed by atoms with Crippen molar-refractivity contribution < 1.29 is 19.0 Å². The van der Waals surface area contributed by atoms with E-state index in [-0.39, 0.29) is 12.1 Å². The topological polar surface area (TPSA) is 64.7 Å². The van der Waals surface area contributed by atoms with Gasteiger partial charge in [-0.05, 0) is 15.9 Å². The number of benzene rings is 1. The van der Waals surface area contributed by atoms with Crippen molar-refractivity contribution in [2.45, 2.75) is 6.10 Å². The second-order valence-corrected chi connectivity index (χ2v) is 4.15. The number of halogens is 2. The van der Waals surface area contributed by atoms with Crippen molar-refractivity contribution in [3.8, 4) is 11.5 Å². The van der Waals surface area contributed by atoms with Crippen molar-refractivity contribution in [3.63, 3.8) is 0 Å². The maximum Gasteiger partial charge on any atom is 0.176 e. The Kier molecular flexibility index (Phi) is 3.32. The van der Waals surface area contributed by atoms with Gasteiger partial charge in [-0.3, -0.25) is 0 Å². The Morgan fingerprint density at radius 2 is 2.19 bits per heavy atom. The quantitative estimate of drug-likeness (QED) is 0.863. The fraction of sp³-hybridized carbons (Fsp3) is 0.400. The first-order valence-electron chi connectivity index (χ1n) is 4.80. The van der Waals surface area contributed by atoms with Crippen molar-refractivity contribution >= 4 is 15.9 Å². The summed E-state index contributed by atoms with van der Waals surface area (Å²) in [7, 11) is 0. The van der Waals surface area contributed by atoms with Gasteiger partial charge >= 0.3 is 0 Å². The highest BCUT2D eigenvalue weighted by Crippen LogP contribution is 2.42. The molecule has 0 radical (unpaired) electrons. The lowest BCUT2D eigenvalue weighted by Crippen LogP contribution is -2.19. The Morgan fingerprint density at radius 3 is 2.88 bits per heavy atom. The van der Waals surface area contributed by atoms with Crippen LogP contribution in [-0.2, 0) is 0 Å². The fourth-order valence-corrected chi connectivity index (χ4v) is 2.32. The van der Waals surface area contributed by atoms with E-state index in [0.717, 1.165) is 0 Å². The first-order chi connectivity index (χ1) is 7.65. The summed E-state index contributed by atoms with van der Waals surface area (Å²) in [4.78, 5) is 0. The Hall–Kier alpha value is -0.850. The van der Waals surface area contributed by atoms with Crippen molar-refractivity contribution in [1.29, 1.82) is 0 Å². The van der Waals surface area contributed by atoms with Gasteiger partial charge in [0.2, 0.25) is 0 Å². The summed E-state index contributed by atoms with van der Waals surface area (Å²) in [5, 5.41) is 9.60. The molecule has 4 nitrogen and oxygen atoms in total. The molecule has 6 heteroatoms. The first-order valence-corrected chi connectivity index (χ1v) is 5.60. The Bertz CT molecular complexity index is 414. The molecule has 16 heavy (non-hydrogen) atoms. The molecule has 0 amide bonds. The predicted octanol–water partition coefficient (Wildman–Crippen LogP) is 1.35. The number of aliphatic hydroxyl groups excluding tert-OH is 1. The van der Waals surface area contributed by atoms with Crippen LogP contribution in [-0.4, -0.2) is 24.9 Å². The number of rotatable bonds is 2. The standard InChI is InChI=1S/C10H11BrFNO3/c11-9-8(6(14)4-13)5(12)3-7-10(9)16-2-1-15-7/h3,6,14H,1-2,4,13H2. The molecule has 3 N–H and O–H groups in total. The molecule has 1 aromatic rings. The zero-order chi connectivity index (χ0) is 11.7. The molecule has 1 atom stereocenters. The zero-order valence-corrected chi connectivity index (χ0v) is 9.96. The minimum Gasteiger partial charge on any atom is -0.486 e. The summed E-state index contributed by atoms with van der Waals surface area (Å²) in [6, 6.07) is 1.20. The fourth-order valence-electron chi connectivity index (χ4n) is 1.55. The summed E-state index contributed by atoms with van der Waals surface area (Å²) in [5.74, 6) is 0.188. The molecule has 0 bridgehead atoms. The van der Waals surface area contributed by atoms with Crippen molar-refractivity contribution in [3.05, 3.63) is 21.9 Å². The second kappa shape index (κ2) is 4.57. The van der Waals surface area contributed by atoms with Crippen LogP contribution in [0, 0.1) is 5.82 Å². The maximum atomic E-state index is 13.7. The van der Waals surface area contributed by atoms with Crippen LogP contribution < -0.4 is 15.2 Å². The van der Waals surface area contributed by atoms with Gasteiger partial charge in [0.15, 0.2) is 11.5 Å². The third-order valence-corrected chi connectivity index (χ3v) is 3.11. The van der Waals surface area contributed by atoms with E-state index in [4.69, 9.17) is 15.2 Å². The molecule has 1 aromatic carbocycles. The molecule has 1 aliphatic heterocycles. The molecular weight excluding hydrogens is 281 g/mol. The molecule has 1 heterocycles. The predicted molar refractivity (Wildman–Crippen MR) is 59.1 cm³/mol. The van der Waals surface area contributed by atoms with E-state index in [2.05, 4.69) is 15.9 Å². The number of nitrogens with two attached hydrogens (primary N) is 1. The average Bonchev–Trinajstić information content (AvgIpc) is 2.28. The van der Waals surface area contributed by atoms with Crippen LogP contribution in [0.15, 0.2) is 10.5 Å². The SMILES string of the molecule is NCC(O)c1c(F)cc2c(c1Br)OCCO2. The molecule has 88 valence electrons. The van der Waals surface area contributed by atoms with Crippen molar-refractivity contribution in [1.82, 2.24) is 0 Å². The molecule has 0 aromatic heterocycles. The van der Waals surface area contributed by atoms with E-state index in [1.807, 2.05) is 0 Å². The van der Waals surface area contributed by atoms with E-state index in [0.29, 0.717) is 29.2 Å².